The highest BCUT2D eigenvalue weighted by molar-refractivity contribution is 7.99. The van der Waals surface area contributed by atoms with E-state index in [-0.39, 0.29) is 17.1 Å². The van der Waals surface area contributed by atoms with E-state index in [1.165, 1.54) is 18.7 Å². The highest BCUT2D eigenvalue weighted by Crippen LogP contribution is 2.42. The minimum atomic E-state index is -0.816. The second-order valence-corrected chi connectivity index (χ2v) is 10.9. The molecule has 1 aromatic heterocycles. The van der Waals surface area contributed by atoms with E-state index in [0.29, 0.717) is 29.3 Å². The second-order valence-electron chi connectivity index (χ2n) is 9.73. The Hall–Kier alpha value is -2.89. The van der Waals surface area contributed by atoms with Gasteiger partial charge in [0.1, 0.15) is 28.1 Å². The Morgan fingerprint density at radius 3 is 2.53 bits per heavy atom. The van der Waals surface area contributed by atoms with Gasteiger partial charge in [-0.15, -0.1) is 0 Å². The number of carbonyl (C=O) groups excluding carboxylic acids is 2. The number of ketones is 1. The molecule has 34 heavy (non-hydrogen) atoms. The summed E-state index contributed by atoms with van der Waals surface area (Å²) in [6, 6.07) is 15.0. The number of ether oxygens (including phenoxy) is 2. The predicted molar refractivity (Wildman–Crippen MR) is 131 cm³/mol. The minimum Gasteiger partial charge on any atom is -0.444 e. The summed E-state index contributed by atoms with van der Waals surface area (Å²) < 4.78 is 11.7. The summed E-state index contributed by atoms with van der Waals surface area (Å²) in [4.78, 5) is 31.1. The Bertz CT molecular complexity index is 1090. The van der Waals surface area contributed by atoms with Gasteiger partial charge in [0.15, 0.2) is 5.78 Å². The van der Waals surface area contributed by atoms with Crippen LogP contribution in [0.25, 0.3) is 0 Å². The number of thioether (sulfide) groups is 1. The first-order chi connectivity index (χ1) is 15.9. The van der Waals surface area contributed by atoms with Gasteiger partial charge in [-0.1, -0.05) is 42.1 Å². The van der Waals surface area contributed by atoms with Crippen LogP contribution in [-0.4, -0.2) is 45.7 Å². The van der Waals surface area contributed by atoms with Gasteiger partial charge < -0.3 is 9.47 Å². The number of nitrogens with zero attached hydrogens (tertiary/aromatic N) is 3. The maximum Gasteiger partial charge on any atom is 0.412 e. The Balaban J connectivity index is 1.95. The van der Waals surface area contributed by atoms with Crippen LogP contribution >= 0.6 is 11.8 Å². The first-order valence-electron chi connectivity index (χ1n) is 11.2. The monoisotopic (exact) mass is 481 g/mol. The van der Waals surface area contributed by atoms with Gasteiger partial charge in [0.05, 0.1) is 18.2 Å². The van der Waals surface area contributed by atoms with E-state index in [0.717, 1.165) is 5.56 Å². The number of hydrogen-bond acceptors (Lipinski definition) is 7. The summed E-state index contributed by atoms with van der Waals surface area (Å²) in [5.41, 5.74) is 0.299. The summed E-state index contributed by atoms with van der Waals surface area (Å²) in [5.74, 6) is -0.162. The molecular formula is C26H31N3O4S. The number of benzene rings is 1. The summed E-state index contributed by atoms with van der Waals surface area (Å²) in [6.45, 7) is 11.0. The number of pyridine rings is 1. The van der Waals surface area contributed by atoms with Crippen LogP contribution in [0.2, 0.25) is 0 Å². The number of rotatable bonds is 6. The summed E-state index contributed by atoms with van der Waals surface area (Å²) >= 11 is 1.42. The zero-order valence-corrected chi connectivity index (χ0v) is 21.3. The number of nitriles is 1. The second kappa shape index (κ2) is 10.2. The van der Waals surface area contributed by atoms with Gasteiger partial charge in [0, 0.05) is 12.2 Å². The average molecular weight is 482 g/mol. The Morgan fingerprint density at radius 1 is 1.26 bits per heavy atom. The molecule has 2 atom stereocenters. The Kier molecular flexibility index (Phi) is 7.69. The van der Waals surface area contributed by atoms with E-state index < -0.39 is 17.4 Å². The van der Waals surface area contributed by atoms with Crippen LogP contribution in [0.15, 0.2) is 47.5 Å². The highest BCUT2D eigenvalue weighted by Gasteiger charge is 2.46. The van der Waals surface area contributed by atoms with Gasteiger partial charge >= 0.3 is 6.09 Å². The van der Waals surface area contributed by atoms with E-state index >= 15 is 0 Å². The third-order valence-electron chi connectivity index (χ3n) is 5.42. The standard InChI is InChI=1S/C26H31N3O4S/c1-17(30)21-13-12-19(15-27)23(28-21)34-22(18-10-8-7-9-11-18)14-20-16-32-26(5,6)29(20)24(31)33-25(2,3)4/h7-13,20,22H,14,16H2,1-6H3/t20-,22+/m0/s1. The number of Topliss-reactive ketones (excluding diaryl/α,β-unsaturated/α-hetero) is 1. The van der Waals surface area contributed by atoms with E-state index in [4.69, 9.17) is 9.47 Å². The van der Waals surface area contributed by atoms with E-state index in [1.54, 1.807) is 17.0 Å². The Morgan fingerprint density at radius 2 is 1.94 bits per heavy atom. The molecule has 2 heterocycles. The lowest BCUT2D eigenvalue weighted by Gasteiger charge is -2.36. The zero-order chi connectivity index (χ0) is 25.1. The van der Waals surface area contributed by atoms with Crippen molar-refractivity contribution in [2.45, 2.75) is 75.6 Å². The molecule has 1 saturated heterocycles. The molecule has 7 nitrogen and oxygen atoms in total. The van der Waals surface area contributed by atoms with Crippen molar-refractivity contribution in [2.24, 2.45) is 0 Å². The molecule has 0 saturated carbocycles. The smallest absolute Gasteiger partial charge is 0.412 e. The molecule has 1 amide bonds. The lowest BCUT2D eigenvalue weighted by atomic mass is 10.0. The number of hydrogen-bond donors (Lipinski definition) is 0. The summed E-state index contributed by atoms with van der Waals surface area (Å²) in [6.07, 6.45) is 0.125. The van der Waals surface area contributed by atoms with Gasteiger partial charge in [-0.3, -0.25) is 9.69 Å². The maximum absolute atomic E-state index is 13.1. The van der Waals surface area contributed by atoms with Crippen molar-refractivity contribution in [1.82, 2.24) is 9.88 Å². The van der Waals surface area contributed by atoms with Crippen LogP contribution in [0.5, 0.6) is 0 Å². The predicted octanol–water partition coefficient (Wildman–Crippen LogP) is 5.75. The fraction of sp³-hybridized carbons (Fsp3) is 0.462. The van der Waals surface area contributed by atoms with Crippen molar-refractivity contribution >= 4 is 23.6 Å². The molecule has 1 fully saturated rings. The third kappa shape index (κ3) is 6.16. The van der Waals surface area contributed by atoms with Crippen molar-refractivity contribution in [3.8, 4) is 6.07 Å². The van der Waals surface area contributed by atoms with E-state index in [1.807, 2.05) is 65.0 Å². The van der Waals surface area contributed by atoms with Crippen LogP contribution in [0.1, 0.15) is 74.8 Å². The number of carbonyl (C=O) groups is 2. The summed E-state index contributed by atoms with van der Waals surface area (Å²) in [7, 11) is 0. The van der Waals surface area contributed by atoms with E-state index in [2.05, 4.69) is 11.1 Å². The highest BCUT2D eigenvalue weighted by atomic mass is 32.2. The zero-order valence-electron chi connectivity index (χ0n) is 20.5. The van der Waals surface area contributed by atoms with Gasteiger partial charge in [-0.05, 0) is 58.7 Å². The fourth-order valence-electron chi connectivity index (χ4n) is 3.85. The topological polar surface area (TPSA) is 92.5 Å². The molecule has 1 aromatic carbocycles. The molecule has 2 aromatic rings. The molecule has 3 rings (SSSR count). The SMILES string of the molecule is CC(=O)c1ccc(C#N)c(S[C@H](C[C@H]2COC(C)(C)N2C(=O)OC(C)(C)C)c2ccccc2)n1. The van der Waals surface area contributed by atoms with Crippen molar-refractivity contribution < 1.29 is 19.1 Å². The largest absolute Gasteiger partial charge is 0.444 e. The Labute approximate surface area is 205 Å². The third-order valence-corrected chi connectivity index (χ3v) is 6.70. The van der Waals surface area contributed by atoms with Crippen LogP contribution in [0.3, 0.4) is 0 Å². The lowest BCUT2D eigenvalue weighted by Crippen LogP contribution is -2.50. The number of amides is 1. The van der Waals surface area contributed by atoms with E-state index in [9.17, 15) is 14.9 Å². The fourth-order valence-corrected chi connectivity index (χ4v) is 5.12. The molecule has 8 heteroatoms. The molecule has 1 aliphatic heterocycles. The first-order valence-corrected chi connectivity index (χ1v) is 12.1. The molecule has 1 aliphatic rings. The van der Waals surface area contributed by atoms with Crippen molar-refractivity contribution in [1.29, 1.82) is 5.26 Å². The van der Waals surface area contributed by atoms with Crippen LogP contribution in [0.4, 0.5) is 4.79 Å². The first kappa shape index (κ1) is 25.7. The molecule has 0 unspecified atom stereocenters. The molecule has 0 radical (unpaired) electrons. The summed E-state index contributed by atoms with van der Waals surface area (Å²) in [5, 5.41) is 9.98. The van der Waals surface area contributed by atoms with Crippen LogP contribution < -0.4 is 0 Å². The molecule has 180 valence electrons. The van der Waals surface area contributed by atoms with Gasteiger partial charge in [-0.2, -0.15) is 5.26 Å². The van der Waals surface area contributed by atoms with Gasteiger partial charge in [0.25, 0.3) is 0 Å². The van der Waals surface area contributed by atoms with Gasteiger partial charge in [0.2, 0.25) is 0 Å². The normalized spacial score (nSPS) is 18.3. The quantitative estimate of drug-likeness (QED) is 0.383. The van der Waals surface area contributed by atoms with Crippen molar-refractivity contribution in [3.05, 3.63) is 59.3 Å². The number of aromatic nitrogens is 1. The maximum atomic E-state index is 13.1. The van der Waals surface area contributed by atoms with Crippen molar-refractivity contribution in [2.75, 3.05) is 6.61 Å². The molecule has 0 N–H and O–H groups in total. The molecule has 0 bridgehead atoms. The molecule has 0 spiro atoms. The van der Waals surface area contributed by atoms with Crippen LogP contribution in [0, 0.1) is 11.3 Å². The molecular weight excluding hydrogens is 450 g/mol. The molecule has 0 aliphatic carbocycles. The average Bonchev–Trinajstić information content (AvgIpc) is 3.06. The minimum absolute atomic E-state index is 0.143. The lowest BCUT2D eigenvalue weighted by molar-refractivity contribution is -0.0626. The van der Waals surface area contributed by atoms with Crippen molar-refractivity contribution in [3.63, 3.8) is 0 Å². The van der Waals surface area contributed by atoms with Crippen LogP contribution in [-0.2, 0) is 9.47 Å². The van der Waals surface area contributed by atoms with Gasteiger partial charge in [-0.25, -0.2) is 9.78 Å².